The quantitative estimate of drug-likeness (QED) is 0.483. The van der Waals surface area contributed by atoms with Crippen molar-refractivity contribution in [1.29, 1.82) is 0 Å². The van der Waals surface area contributed by atoms with Gasteiger partial charge in [0.2, 0.25) is 0 Å². The van der Waals surface area contributed by atoms with Crippen molar-refractivity contribution in [2.75, 3.05) is 13.6 Å². The van der Waals surface area contributed by atoms with Crippen molar-refractivity contribution >= 4 is 0 Å². The molecule has 0 saturated heterocycles. The fourth-order valence-corrected chi connectivity index (χ4v) is 0.200. The molecule has 0 fully saturated rings. The first kappa shape index (κ1) is 6.43. The van der Waals surface area contributed by atoms with E-state index >= 15 is 0 Å². The highest BCUT2D eigenvalue weighted by atomic mass is 19.1. The summed E-state index contributed by atoms with van der Waals surface area (Å²) in [4.78, 5) is 0. The second kappa shape index (κ2) is 3.61. The van der Waals surface area contributed by atoms with E-state index in [1.807, 2.05) is 0 Å². The Bertz CT molecular complexity index is 66.1. The van der Waals surface area contributed by atoms with Crippen LogP contribution < -0.4 is 11.1 Å². The summed E-state index contributed by atoms with van der Waals surface area (Å²) in [6.07, 6.45) is 1.26. The van der Waals surface area contributed by atoms with Gasteiger partial charge in [-0.15, -0.1) is 0 Å². The maximum Gasteiger partial charge on any atom is 0.181 e. The third-order valence-electron chi connectivity index (χ3n) is 0.501. The van der Waals surface area contributed by atoms with Gasteiger partial charge in [0.15, 0.2) is 5.95 Å². The van der Waals surface area contributed by atoms with Crippen LogP contribution in [-0.2, 0) is 0 Å². The van der Waals surface area contributed by atoms with Crippen LogP contribution in [0.4, 0.5) is 4.39 Å². The molecule has 0 spiro atoms. The van der Waals surface area contributed by atoms with Gasteiger partial charge in [-0.25, -0.2) is 0 Å². The summed E-state index contributed by atoms with van der Waals surface area (Å²) in [6.45, 7) is 0.488. The highest BCUT2D eigenvalue weighted by Gasteiger charge is 1.76. The Kier molecular flexibility index (Phi) is 3.32. The maximum absolute atomic E-state index is 11.5. The van der Waals surface area contributed by atoms with Crippen LogP contribution >= 0.6 is 0 Å². The van der Waals surface area contributed by atoms with Crippen LogP contribution in [0.3, 0.4) is 0 Å². The third-order valence-corrected chi connectivity index (χ3v) is 0.501. The Labute approximate surface area is 42.2 Å². The van der Waals surface area contributed by atoms with Gasteiger partial charge in [0.05, 0.1) is 0 Å². The van der Waals surface area contributed by atoms with E-state index in [-0.39, 0.29) is 0 Å². The fourth-order valence-electron chi connectivity index (χ4n) is 0.200. The molecule has 0 bridgehead atoms. The molecule has 0 aliphatic carbocycles. The highest BCUT2D eigenvalue weighted by molar-refractivity contribution is 4.85. The summed E-state index contributed by atoms with van der Waals surface area (Å²) in [5.41, 5.74) is 4.63. The molecule has 0 aliphatic heterocycles. The van der Waals surface area contributed by atoms with E-state index < -0.39 is 5.95 Å². The van der Waals surface area contributed by atoms with Crippen LogP contribution in [0.5, 0.6) is 0 Å². The highest BCUT2D eigenvalue weighted by Crippen LogP contribution is 1.78. The van der Waals surface area contributed by atoms with Crippen LogP contribution in [0.25, 0.3) is 0 Å². The molecule has 0 atom stereocenters. The SMILES string of the molecule is CNC/C=C(\N)F. The summed E-state index contributed by atoms with van der Waals surface area (Å²) in [6, 6.07) is 0. The minimum Gasteiger partial charge on any atom is -0.376 e. The third kappa shape index (κ3) is 5.43. The second-order valence-corrected chi connectivity index (χ2v) is 1.15. The number of likely N-dealkylation sites (N-methyl/N-ethyl adjacent to an activating group) is 1. The van der Waals surface area contributed by atoms with Gasteiger partial charge in [0.1, 0.15) is 0 Å². The van der Waals surface area contributed by atoms with E-state index in [1.165, 1.54) is 6.08 Å². The van der Waals surface area contributed by atoms with Crippen molar-refractivity contribution in [3.8, 4) is 0 Å². The van der Waals surface area contributed by atoms with Crippen molar-refractivity contribution in [3.63, 3.8) is 0 Å². The molecule has 42 valence electrons. The molecule has 0 saturated carbocycles. The first-order valence-corrected chi connectivity index (χ1v) is 2.03. The van der Waals surface area contributed by atoms with Gasteiger partial charge in [-0.3, -0.25) is 0 Å². The average Bonchev–Trinajstić information content (AvgIpc) is 1.61. The van der Waals surface area contributed by atoms with Crippen molar-refractivity contribution < 1.29 is 4.39 Å². The van der Waals surface area contributed by atoms with Crippen LogP contribution in [-0.4, -0.2) is 13.6 Å². The Balaban J connectivity index is 3.08. The molecule has 0 rings (SSSR count). The van der Waals surface area contributed by atoms with Crippen LogP contribution in [0.1, 0.15) is 0 Å². The molecule has 0 radical (unpaired) electrons. The van der Waals surface area contributed by atoms with Gasteiger partial charge in [0.25, 0.3) is 0 Å². The molecule has 7 heavy (non-hydrogen) atoms. The first-order valence-electron chi connectivity index (χ1n) is 2.03. The topological polar surface area (TPSA) is 38.0 Å². The Morgan fingerprint density at radius 3 is 2.71 bits per heavy atom. The Morgan fingerprint density at radius 1 is 2.00 bits per heavy atom. The molecule has 0 aromatic rings. The van der Waals surface area contributed by atoms with E-state index in [2.05, 4.69) is 11.1 Å². The zero-order valence-corrected chi connectivity index (χ0v) is 4.24. The number of nitrogens with two attached hydrogens (primary N) is 1. The van der Waals surface area contributed by atoms with E-state index in [0.717, 1.165) is 0 Å². The minimum atomic E-state index is -0.630. The fraction of sp³-hybridized carbons (Fsp3) is 0.500. The van der Waals surface area contributed by atoms with Gasteiger partial charge >= 0.3 is 0 Å². The van der Waals surface area contributed by atoms with Crippen LogP contribution in [0.15, 0.2) is 12.0 Å². The standard InChI is InChI=1S/C4H9FN2/c1-7-3-2-4(5)6/h2,7H,3,6H2,1H3/b4-2-. The van der Waals surface area contributed by atoms with E-state index in [4.69, 9.17) is 0 Å². The van der Waals surface area contributed by atoms with Gasteiger partial charge < -0.3 is 11.1 Å². The van der Waals surface area contributed by atoms with E-state index in [9.17, 15) is 4.39 Å². The van der Waals surface area contributed by atoms with Crippen LogP contribution in [0.2, 0.25) is 0 Å². The smallest absolute Gasteiger partial charge is 0.181 e. The number of nitrogens with one attached hydrogen (secondary N) is 1. The number of halogens is 1. The van der Waals surface area contributed by atoms with Crippen molar-refractivity contribution in [2.24, 2.45) is 5.73 Å². The lowest BCUT2D eigenvalue weighted by Crippen LogP contribution is -2.06. The second-order valence-electron chi connectivity index (χ2n) is 1.15. The lowest BCUT2D eigenvalue weighted by molar-refractivity contribution is 0.619. The summed E-state index contributed by atoms with van der Waals surface area (Å²) in [5, 5.41) is 2.70. The van der Waals surface area contributed by atoms with E-state index in [1.54, 1.807) is 7.05 Å². The normalized spacial score (nSPS) is 12.0. The molecule has 3 N–H and O–H groups in total. The molecule has 0 aromatic carbocycles. The summed E-state index contributed by atoms with van der Waals surface area (Å²) in [7, 11) is 1.72. The van der Waals surface area contributed by atoms with E-state index in [0.29, 0.717) is 6.54 Å². The van der Waals surface area contributed by atoms with Gasteiger partial charge in [0, 0.05) is 6.54 Å². The molecule has 0 unspecified atom stereocenters. The van der Waals surface area contributed by atoms with Crippen molar-refractivity contribution in [2.45, 2.75) is 0 Å². The molecule has 0 aliphatic rings. The number of hydrogen-bond donors (Lipinski definition) is 2. The monoisotopic (exact) mass is 104 g/mol. The zero-order valence-electron chi connectivity index (χ0n) is 4.24. The Hall–Kier alpha value is -0.570. The Morgan fingerprint density at radius 2 is 2.57 bits per heavy atom. The maximum atomic E-state index is 11.5. The molecule has 0 amide bonds. The molecule has 0 aromatic heterocycles. The van der Waals surface area contributed by atoms with Gasteiger partial charge in [-0.1, -0.05) is 0 Å². The minimum absolute atomic E-state index is 0.488. The predicted molar refractivity (Wildman–Crippen MR) is 27.3 cm³/mol. The lowest BCUT2D eigenvalue weighted by Gasteiger charge is -1.85. The first-order chi connectivity index (χ1) is 3.27. The predicted octanol–water partition coefficient (Wildman–Crippen LogP) is -0.0246. The number of hydrogen-bond acceptors (Lipinski definition) is 2. The summed E-state index contributed by atoms with van der Waals surface area (Å²) in [5.74, 6) is -0.630. The molecule has 3 heteroatoms. The van der Waals surface area contributed by atoms with Crippen molar-refractivity contribution in [1.82, 2.24) is 5.32 Å². The molecule has 0 heterocycles. The zero-order chi connectivity index (χ0) is 5.70. The lowest BCUT2D eigenvalue weighted by atomic mass is 10.6. The van der Waals surface area contributed by atoms with Crippen LogP contribution in [0, 0.1) is 0 Å². The van der Waals surface area contributed by atoms with Crippen molar-refractivity contribution in [3.05, 3.63) is 12.0 Å². The largest absolute Gasteiger partial charge is 0.376 e. The summed E-state index contributed by atoms with van der Waals surface area (Å²) < 4.78 is 11.5. The van der Waals surface area contributed by atoms with Gasteiger partial charge in [-0.2, -0.15) is 4.39 Å². The summed E-state index contributed by atoms with van der Waals surface area (Å²) >= 11 is 0. The molecular formula is C4H9FN2. The average molecular weight is 104 g/mol. The number of rotatable bonds is 2. The van der Waals surface area contributed by atoms with Gasteiger partial charge in [-0.05, 0) is 13.1 Å². The molecular weight excluding hydrogens is 95.1 g/mol. The molecule has 2 nitrogen and oxygen atoms in total.